The van der Waals surface area contributed by atoms with Crippen molar-refractivity contribution < 1.29 is 8.42 Å². The van der Waals surface area contributed by atoms with Crippen LogP contribution in [0.4, 0.5) is 5.69 Å². The molecule has 0 bridgehead atoms. The first-order chi connectivity index (χ1) is 14.5. The van der Waals surface area contributed by atoms with Gasteiger partial charge in [0.25, 0.3) is 10.0 Å². The second kappa shape index (κ2) is 8.13. The first-order valence-corrected chi connectivity index (χ1v) is 11.1. The van der Waals surface area contributed by atoms with Crippen LogP contribution in [0.5, 0.6) is 0 Å². The fraction of sp³-hybridized carbons (Fsp3) is 0.0800. The highest BCUT2D eigenvalue weighted by Crippen LogP contribution is 2.31. The summed E-state index contributed by atoms with van der Waals surface area (Å²) in [5.41, 5.74) is 6.23. The molecule has 150 valence electrons. The molecule has 0 aliphatic rings. The van der Waals surface area contributed by atoms with Crippen LogP contribution < -0.4 is 4.72 Å². The second-order valence-electron chi connectivity index (χ2n) is 7.19. The molecule has 5 heteroatoms. The van der Waals surface area contributed by atoms with E-state index in [9.17, 15) is 8.42 Å². The SMILES string of the molecule is Cc1cc(NS(=O)(=O)c2ccccc2-c2ccccc2)ccc1-c1cnccc1C. The molecule has 0 radical (unpaired) electrons. The van der Waals surface area contributed by atoms with Gasteiger partial charge >= 0.3 is 0 Å². The summed E-state index contributed by atoms with van der Waals surface area (Å²) in [6.07, 6.45) is 3.60. The predicted molar refractivity (Wildman–Crippen MR) is 122 cm³/mol. The number of anilines is 1. The Hall–Kier alpha value is -3.44. The number of pyridine rings is 1. The van der Waals surface area contributed by atoms with Gasteiger partial charge in [-0.2, -0.15) is 0 Å². The van der Waals surface area contributed by atoms with Gasteiger partial charge in [0, 0.05) is 29.2 Å². The molecular weight excluding hydrogens is 392 g/mol. The number of nitrogens with one attached hydrogen (secondary N) is 1. The maximum absolute atomic E-state index is 13.2. The second-order valence-corrected chi connectivity index (χ2v) is 8.84. The fourth-order valence-electron chi connectivity index (χ4n) is 3.54. The van der Waals surface area contributed by atoms with E-state index in [4.69, 9.17) is 0 Å². The quantitative estimate of drug-likeness (QED) is 0.447. The molecule has 0 fully saturated rings. The molecule has 0 atom stereocenters. The lowest BCUT2D eigenvalue weighted by atomic mass is 9.98. The summed E-state index contributed by atoms with van der Waals surface area (Å²) in [4.78, 5) is 4.46. The van der Waals surface area contributed by atoms with E-state index >= 15 is 0 Å². The Labute approximate surface area is 177 Å². The van der Waals surface area contributed by atoms with Crippen molar-refractivity contribution in [3.05, 3.63) is 102 Å². The Bertz CT molecular complexity index is 1300. The van der Waals surface area contributed by atoms with Crippen LogP contribution in [0.25, 0.3) is 22.3 Å². The maximum Gasteiger partial charge on any atom is 0.262 e. The normalized spacial score (nSPS) is 11.3. The van der Waals surface area contributed by atoms with E-state index in [1.807, 2.05) is 80.7 Å². The van der Waals surface area contributed by atoms with Crippen LogP contribution in [0.1, 0.15) is 11.1 Å². The Balaban J connectivity index is 1.69. The standard InChI is InChI=1S/C25H22N2O2S/c1-18-14-15-26-17-24(18)22-13-12-21(16-19(22)2)27-30(28,29)25-11-7-6-10-23(25)20-8-4-3-5-9-20/h3-17,27H,1-2H3. The number of hydrogen-bond donors (Lipinski definition) is 1. The molecule has 0 aliphatic heterocycles. The Morgan fingerprint density at radius 3 is 2.20 bits per heavy atom. The molecular formula is C25H22N2O2S. The largest absolute Gasteiger partial charge is 0.280 e. The summed E-state index contributed by atoms with van der Waals surface area (Å²) in [6.45, 7) is 4.01. The highest BCUT2D eigenvalue weighted by molar-refractivity contribution is 7.92. The predicted octanol–water partition coefficient (Wildman–Crippen LogP) is 5.83. The van der Waals surface area contributed by atoms with Crippen LogP contribution in [0.2, 0.25) is 0 Å². The van der Waals surface area contributed by atoms with Gasteiger partial charge in [-0.1, -0.05) is 54.6 Å². The zero-order valence-electron chi connectivity index (χ0n) is 16.8. The zero-order chi connectivity index (χ0) is 21.1. The summed E-state index contributed by atoms with van der Waals surface area (Å²) in [6, 6.07) is 24.1. The minimum Gasteiger partial charge on any atom is -0.280 e. The number of nitrogens with zero attached hydrogens (tertiary/aromatic N) is 1. The minimum absolute atomic E-state index is 0.251. The third kappa shape index (κ3) is 3.98. The maximum atomic E-state index is 13.2. The van der Waals surface area contributed by atoms with E-state index in [-0.39, 0.29) is 4.90 Å². The van der Waals surface area contributed by atoms with E-state index < -0.39 is 10.0 Å². The molecule has 0 amide bonds. The third-order valence-corrected chi connectivity index (χ3v) is 6.51. The third-order valence-electron chi connectivity index (χ3n) is 5.07. The number of hydrogen-bond acceptors (Lipinski definition) is 3. The number of benzene rings is 3. The summed E-state index contributed by atoms with van der Waals surface area (Å²) in [5.74, 6) is 0. The molecule has 4 aromatic rings. The average molecular weight is 415 g/mol. The van der Waals surface area contributed by atoms with Crippen molar-refractivity contribution in [2.24, 2.45) is 0 Å². The van der Waals surface area contributed by atoms with Gasteiger partial charge in [-0.15, -0.1) is 0 Å². The molecule has 4 rings (SSSR count). The lowest BCUT2D eigenvalue weighted by Gasteiger charge is -2.14. The molecule has 1 N–H and O–H groups in total. The number of sulfonamides is 1. The summed E-state index contributed by atoms with van der Waals surface area (Å²) in [5, 5.41) is 0. The Kier molecular flexibility index (Phi) is 5.38. The molecule has 0 aliphatic carbocycles. The summed E-state index contributed by atoms with van der Waals surface area (Å²) in [7, 11) is -3.76. The minimum atomic E-state index is -3.76. The van der Waals surface area contributed by atoms with Crippen molar-refractivity contribution in [2.75, 3.05) is 4.72 Å². The number of aromatic nitrogens is 1. The Morgan fingerprint density at radius 2 is 1.47 bits per heavy atom. The highest BCUT2D eigenvalue weighted by Gasteiger charge is 2.19. The molecule has 1 heterocycles. The van der Waals surface area contributed by atoms with E-state index in [0.717, 1.165) is 27.8 Å². The van der Waals surface area contributed by atoms with Crippen molar-refractivity contribution in [3.8, 4) is 22.3 Å². The molecule has 1 aromatic heterocycles. The summed E-state index contributed by atoms with van der Waals surface area (Å²) < 4.78 is 29.1. The highest BCUT2D eigenvalue weighted by atomic mass is 32.2. The fourth-order valence-corrected chi connectivity index (χ4v) is 4.82. The van der Waals surface area contributed by atoms with Crippen LogP contribution >= 0.6 is 0 Å². The molecule has 4 nitrogen and oxygen atoms in total. The molecule has 0 saturated carbocycles. The van der Waals surface area contributed by atoms with E-state index in [1.54, 1.807) is 24.4 Å². The van der Waals surface area contributed by atoms with Gasteiger partial charge in [0.1, 0.15) is 0 Å². The van der Waals surface area contributed by atoms with Gasteiger partial charge < -0.3 is 0 Å². The van der Waals surface area contributed by atoms with Crippen molar-refractivity contribution in [1.29, 1.82) is 0 Å². The van der Waals surface area contributed by atoms with Crippen LogP contribution in [-0.2, 0) is 10.0 Å². The van der Waals surface area contributed by atoms with Crippen molar-refractivity contribution in [2.45, 2.75) is 18.7 Å². The van der Waals surface area contributed by atoms with E-state index in [1.165, 1.54) is 0 Å². The van der Waals surface area contributed by atoms with Gasteiger partial charge in [0.15, 0.2) is 0 Å². The van der Waals surface area contributed by atoms with Gasteiger partial charge in [-0.05, 0) is 60.4 Å². The molecule has 3 aromatic carbocycles. The average Bonchev–Trinajstić information content (AvgIpc) is 2.75. The molecule has 0 saturated heterocycles. The molecule has 0 spiro atoms. The van der Waals surface area contributed by atoms with Crippen LogP contribution in [0, 0.1) is 13.8 Å². The van der Waals surface area contributed by atoms with Crippen molar-refractivity contribution in [3.63, 3.8) is 0 Å². The topological polar surface area (TPSA) is 59.1 Å². The Morgan fingerprint density at radius 1 is 0.733 bits per heavy atom. The van der Waals surface area contributed by atoms with E-state index in [2.05, 4.69) is 9.71 Å². The monoisotopic (exact) mass is 414 g/mol. The van der Waals surface area contributed by atoms with Crippen molar-refractivity contribution in [1.82, 2.24) is 4.98 Å². The smallest absolute Gasteiger partial charge is 0.262 e. The number of rotatable bonds is 5. The first-order valence-electron chi connectivity index (χ1n) is 9.64. The molecule has 30 heavy (non-hydrogen) atoms. The van der Waals surface area contributed by atoms with Gasteiger partial charge in [-0.25, -0.2) is 8.42 Å². The van der Waals surface area contributed by atoms with Gasteiger partial charge in [0.2, 0.25) is 0 Å². The lowest BCUT2D eigenvalue weighted by molar-refractivity contribution is 0.601. The summed E-state index contributed by atoms with van der Waals surface area (Å²) >= 11 is 0. The van der Waals surface area contributed by atoms with Crippen molar-refractivity contribution >= 4 is 15.7 Å². The molecule has 0 unspecified atom stereocenters. The first kappa shape index (κ1) is 19.9. The zero-order valence-corrected chi connectivity index (χ0v) is 17.6. The van der Waals surface area contributed by atoms with Gasteiger partial charge in [0.05, 0.1) is 4.90 Å². The van der Waals surface area contributed by atoms with Crippen LogP contribution in [-0.4, -0.2) is 13.4 Å². The number of aryl methyl sites for hydroxylation is 2. The lowest BCUT2D eigenvalue weighted by Crippen LogP contribution is -2.14. The van der Waals surface area contributed by atoms with E-state index in [0.29, 0.717) is 11.3 Å². The van der Waals surface area contributed by atoms with Crippen LogP contribution in [0.3, 0.4) is 0 Å². The van der Waals surface area contributed by atoms with Crippen LogP contribution in [0.15, 0.2) is 96.2 Å². The van der Waals surface area contributed by atoms with Gasteiger partial charge in [-0.3, -0.25) is 9.71 Å².